The first-order chi connectivity index (χ1) is 9.32. The lowest BCUT2D eigenvalue weighted by atomic mass is 9.89. The van der Waals surface area contributed by atoms with Gasteiger partial charge in [0.05, 0.1) is 0 Å². The van der Waals surface area contributed by atoms with Crippen molar-refractivity contribution in [3.8, 4) is 0 Å². The Morgan fingerprint density at radius 1 is 0.900 bits per heavy atom. The second kappa shape index (κ2) is 5.82. The molecule has 0 atom stereocenters. The molecule has 2 aromatic carbocycles. The summed E-state index contributed by atoms with van der Waals surface area (Å²) in [6.07, 6.45) is 0. The predicted molar refractivity (Wildman–Crippen MR) is 90.7 cm³/mol. The fourth-order valence-electron chi connectivity index (χ4n) is 2.37. The molecule has 2 rings (SSSR count). The molecule has 0 bridgehead atoms. The van der Waals surface area contributed by atoms with E-state index in [4.69, 9.17) is 0 Å². The van der Waals surface area contributed by atoms with E-state index in [0.29, 0.717) is 5.56 Å². The van der Waals surface area contributed by atoms with Gasteiger partial charge in [-0.25, -0.2) is 0 Å². The third-order valence-corrected chi connectivity index (χ3v) is 4.92. The van der Waals surface area contributed by atoms with Gasteiger partial charge < -0.3 is 0 Å². The minimum Gasteiger partial charge on any atom is -0.289 e. The zero-order chi connectivity index (χ0) is 15.0. The molecule has 0 amide bonds. The molecule has 0 heterocycles. The Kier molecular flexibility index (Phi) is 4.50. The molecule has 2 aromatic rings. The van der Waals surface area contributed by atoms with Crippen molar-refractivity contribution in [2.75, 3.05) is 0 Å². The molecule has 20 heavy (non-hydrogen) atoms. The molecule has 0 unspecified atom stereocenters. The van der Waals surface area contributed by atoms with Crippen LogP contribution in [0.2, 0.25) is 0 Å². The van der Waals surface area contributed by atoms with Crippen molar-refractivity contribution in [2.24, 2.45) is 0 Å². The molecule has 0 saturated carbocycles. The van der Waals surface area contributed by atoms with E-state index in [9.17, 15) is 4.79 Å². The van der Waals surface area contributed by atoms with E-state index in [1.54, 1.807) is 0 Å². The van der Waals surface area contributed by atoms with Crippen molar-refractivity contribution < 1.29 is 4.79 Å². The molecule has 0 aromatic heterocycles. The lowest BCUT2D eigenvalue weighted by molar-refractivity contribution is 0.103. The number of carbonyl (C=O) groups excluding carboxylic acids is 1. The van der Waals surface area contributed by atoms with Crippen LogP contribution in [0.1, 0.15) is 38.2 Å². The first-order valence-electron chi connectivity index (χ1n) is 6.40. The quantitative estimate of drug-likeness (QED) is 0.598. The Morgan fingerprint density at radius 3 is 1.95 bits per heavy atom. The van der Waals surface area contributed by atoms with Gasteiger partial charge in [0.2, 0.25) is 0 Å². The summed E-state index contributed by atoms with van der Waals surface area (Å²) >= 11 is 6.89. The average molecular weight is 396 g/mol. The van der Waals surface area contributed by atoms with Crippen molar-refractivity contribution in [3.05, 3.63) is 66.6 Å². The van der Waals surface area contributed by atoms with E-state index in [0.717, 1.165) is 36.8 Å². The molecule has 3 heteroatoms. The third-order valence-electron chi connectivity index (χ3n) is 3.77. The summed E-state index contributed by atoms with van der Waals surface area (Å²) in [5.41, 5.74) is 5.96. The van der Waals surface area contributed by atoms with Crippen LogP contribution in [0.25, 0.3) is 0 Å². The molecule has 1 nitrogen and oxygen atoms in total. The highest BCUT2D eigenvalue weighted by Gasteiger charge is 2.19. The van der Waals surface area contributed by atoms with E-state index < -0.39 is 0 Å². The van der Waals surface area contributed by atoms with Crippen molar-refractivity contribution in [3.63, 3.8) is 0 Å². The van der Waals surface area contributed by atoms with Crippen LogP contribution in [0.4, 0.5) is 0 Å². The highest BCUT2D eigenvalue weighted by atomic mass is 79.9. The van der Waals surface area contributed by atoms with E-state index in [1.165, 1.54) is 0 Å². The van der Waals surface area contributed by atoms with Crippen LogP contribution in [-0.2, 0) is 0 Å². The lowest BCUT2D eigenvalue weighted by Crippen LogP contribution is -2.09. The van der Waals surface area contributed by atoms with Gasteiger partial charge in [-0.3, -0.25) is 4.79 Å². The van der Waals surface area contributed by atoms with E-state index >= 15 is 0 Å². The Morgan fingerprint density at radius 2 is 1.45 bits per heavy atom. The Hall–Kier alpha value is -0.930. The van der Waals surface area contributed by atoms with Gasteiger partial charge in [0.25, 0.3) is 0 Å². The van der Waals surface area contributed by atoms with Gasteiger partial charge in [0.1, 0.15) is 0 Å². The molecule has 0 N–H and O–H groups in total. The number of benzene rings is 2. The normalized spacial score (nSPS) is 10.7. The summed E-state index contributed by atoms with van der Waals surface area (Å²) in [5, 5.41) is 0. The minimum atomic E-state index is 0.0752. The van der Waals surface area contributed by atoms with Crippen molar-refractivity contribution in [1.29, 1.82) is 0 Å². The number of carbonyl (C=O) groups is 1. The van der Waals surface area contributed by atoms with Gasteiger partial charge in [0, 0.05) is 20.1 Å². The van der Waals surface area contributed by atoms with Crippen molar-refractivity contribution in [2.45, 2.75) is 27.7 Å². The average Bonchev–Trinajstić information content (AvgIpc) is 2.36. The summed E-state index contributed by atoms with van der Waals surface area (Å²) in [6.45, 7) is 8.13. The smallest absolute Gasteiger partial charge is 0.194 e. The second-order valence-corrected chi connectivity index (χ2v) is 6.86. The van der Waals surface area contributed by atoms with E-state index in [2.05, 4.69) is 51.8 Å². The molecule has 0 spiro atoms. The zero-order valence-corrected chi connectivity index (χ0v) is 15.1. The number of aryl methyl sites for hydroxylation is 2. The molecule has 0 aliphatic carbocycles. The van der Waals surface area contributed by atoms with Gasteiger partial charge in [-0.1, -0.05) is 22.0 Å². The Balaban J connectivity index is 2.65. The van der Waals surface area contributed by atoms with Crippen LogP contribution < -0.4 is 0 Å². The topological polar surface area (TPSA) is 17.1 Å². The zero-order valence-electron chi connectivity index (χ0n) is 12.0. The SMILES string of the molecule is Cc1cc(C)c(C)c(C(=O)c2ccc(Br)cc2Br)c1C. The van der Waals surface area contributed by atoms with Crippen molar-refractivity contribution >= 4 is 37.6 Å². The highest BCUT2D eigenvalue weighted by Crippen LogP contribution is 2.28. The molecule has 0 saturated heterocycles. The molecule has 0 aliphatic heterocycles. The summed E-state index contributed by atoms with van der Waals surface area (Å²) in [6, 6.07) is 7.79. The maximum absolute atomic E-state index is 12.9. The molecule has 104 valence electrons. The van der Waals surface area contributed by atoms with Crippen LogP contribution in [0.5, 0.6) is 0 Å². The highest BCUT2D eigenvalue weighted by molar-refractivity contribution is 9.11. The second-order valence-electron chi connectivity index (χ2n) is 5.09. The van der Waals surface area contributed by atoms with Crippen LogP contribution in [0, 0.1) is 27.7 Å². The van der Waals surface area contributed by atoms with E-state index in [1.807, 2.05) is 32.0 Å². The molecular weight excluding hydrogens is 380 g/mol. The van der Waals surface area contributed by atoms with Crippen LogP contribution in [-0.4, -0.2) is 5.78 Å². The fourth-order valence-corrected chi connectivity index (χ4v) is 3.59. The maximum Gasteiger partial charge on any atom is 0.194 e. The van der Waals surface area contributed by atoms with Gasteiger partial charge in [-0.2, -0.15) is 0 Å². The molecule has 0 aliphatic rings. The lowest BCUT2D eigenvalue weighted by Gasteiger charge is -2.15. The predicted octanol–water partition coefficient (Wildman–Crippen LogP) is 5.68. The molecule has 0 radical (unpaired) electrons. The number of rotatable bonds is 2. The van der Waals surface area contributed by atoms with Crippen molar-refractivity contribution in [1.82, 2.24) is 0 Å². The number of ketones is 1. The summed E-state index contributed by atoms with van der Waals surface area (Å²) in [5.74, 6) is 0.0752. The van der Waals surface area contributed by atoms with Crippen LogP contribution >= 0.6 is 31.9 Å². The van der Waals surface area contributed by atoms with Crippen LogP contribution in [0.3, 0.4) is 0 Å². The van der Waals surface area contributed by atoms with Crippen LogP contribution in [0.15, 0.2) is 33.2 Å². The standard InChI is InChI=1S/C17H16Br2O/c1-9-7-10(2)12(4)16(11(9)3)17(20)14-6-5-13(18)8-15(14)19/h5-8H,1-4H3. The minimum absolute atomic E-state index is 0.0752. The molecular formula is C17H16Br2O. The molecule has 0 fully saturated rings. The number of hydrogen-bond donors (Lipinski definition) is 0. The summed E-state index contributed by atoms with van der Waals surface area (Å²) in [7, 11) is 0. The Labute approximate surface area is 136 Å². The van der Waals surface area contributed by atoms with Gasteiger partial charge >= 0.3 is 0 Å². The monoisotopic (exact) mass is 394 g/mol. The number of hydrogen-bond acceptors (Lipinski definition) is 1. The largest absolute Gasteiger partial charge is 0.289 e. The van der Waals surface area contributed by atoms with E-state index in [-0.39, 0.29) is 5.78 Å². The van der Waals surface area contributed by atoms with Gasteiger partial charge in [-0.15, -0.1) is 0 Å². The summed E-state index contributed by atoms with van der Waals surface area (Å²) in [4.78, 5) is 12.9. The fraction of sp³-hybridized carbons (Fsp3) is 0.235. The van der Waals surface area contributed by atoms with Gasteiger partial charge in [-0.05, 0) is 84.1 Å². The first kappa shape index (κ1) is 15.5. The first-order valence-corrected chi connectivity index (χ1v) is 7.98. The Bertz CT molecular complexity index is 676. The summed E-state index contributed by atoms with van der Waals surface area (Å²) < 4.78 is 1.77. The van der Waals surface area contributed by atoms with Gasteiger partial charge in [0.15, 0.2) is 5.78 Å². The third kappa shape index (κ3) is 2.75. The number of halogens is 2. The maximum atomic E-state index is 12.9.